The summed E-state index contributed by atoms with van der Waals surface area (Å²) in [5, 5.41) is 22.2. The Morgan fingerprint density at radius 1 is 0.875 bits per heavy atom. The van der Waals surface area contributed by atoms with E-state index in [1.807, 2.05) is 82.3 Å². The van der Waals surface area contributed by atoms with Gasteiger partial charge in [-0.2, -0.15) is 13.2 Å². The molecule has 1 aliphatic carbocycles. The lowest BCUT2D eigenvalue weighted by molar-refractivity contribution is -0.183. The Bertz CT molecular complexity index is 2520. The molecule has 4 aromatic rings. The summed E-state index contributed by atoms with van der Waals surface area (Å²) in [6, 6.07) is 15.0. The molecule has 1 saturated heterocycles. The van der Waals surface area contributed by atoms with Crippen molar-refractivity contribution in [2.45, 2.75) is 136 Å². The van der Waals surface area contributed by atoms with E-state index in [4.69, 9.17) is 4.74 Å². The van der Waals surface area contributed by atoms with Gasteiger partial charge in [0.25, 0.3) is 5.91 Å². The van der Waals surface area contributed by atoms with Gasteiger partial charge in [0, 0.05) is 44.6 Å². The number of hydrogen-bond acceptors (Lipinski definition) is 10. The van der Waals surface area contributed by atoms with E-state index in [9.17, 15) is 42.3 Å². The Morgan fingerprint density at radius 3 is 2.26 bits per heavy atom. The van der Waals surface area contributed by atoms with Gasteiger partial charge in [-0.25, -0.2) is 9.97 Å². The standard InChI is InChI=1S/C54H68F3N7O7S/c1-34-48(72-33-62-34)39-19-15-36(16-20-39)29-61-51(69)44-28-42(65)32-64(44)52(70)49(53(2,3)4)63-46(66)13-8-6-7-9-24-58-47(67)26-37-11-10-12-38(25-37)30-60-50(68)43-27-40(45(71-5)31-59-43)21-14-35-17-22-41(23-18-35)54(55,56)57/h10-12,14-16,19-21,25,27,31,33,35,41-42,44,49,65H,6-9,13,17-18,22-24,26,28-30,32H2,1-5H3,(H,58,67)(H,60,68)(H,61,69)(H,63,66)/b21-14+/t35?,41?,42-,44+,49?/m1/s1. The van der Waals surface area contributed by atoms with Gasteiger partial charge in [-0.05, 0) is 85.1 Å². The van der Waals surface area contributed by atoms with Crippen LogP contribution in [0.3, 0.4) is 0 Å². The summed E-state index contributed by atoms with van der Waals surface area (Å²) in [5.74, 6) is -2.45. The van der Waals surface area contributed by atoms with Crippen LogP contribution < -0.4 is 26.0 Å². The summed E-state index contributed by atoms with van der Waals surface area (Å²) in [5.41, 5.74) is 6.34. The monoisotopic (exact) mass is 1020 g/mol. The molecule has 388 valence electrons. The molecule has 1 unspecified atom stereocenters. The largest absolute Gasteiger partial charge is 0.495 e. The van der Waals surface area contributed by atoms with Crippen molar-refractivity contribution in [3.63, 3.8) is 0 Å². The van der Waals surface area contributed by atoms with E-state index >= 15 is 0 Å². The number of rotatable bonds is 21. The van der Waals surface area contributed by atoms with E-state index in [1.54, 1.807) is 29.0 Å². The Hall–Kier alpha value is -6.14. The minimum Gasteiger partial charge on any atom is -0.495 e. The summed E-state index contributed by atoms with van der Waals surface area (Å²) < 4.78 is 44.8. The van der Waals surface area contributed by atoms with E-state index in [2.05, 4.69) is 31.2 Å². The van der Waals surface area contributed by atoms with Crippen molar-refractivity contribution in [1.82, 2.24) is 36.1 Å². The van der Waals surface area contributed by atoms with Gasteiger partial charge in [-0.3, -0.25) is 24.0 Å². The molecule has 0 radical (unpaired) electrons. The molecular weight excluding hydrogens is 948 g/mol. The molecule has 14 nitrogen and oxygen atoms in total. The number of nitrogens with zero attached hydrogens (tertiary/aromatic N) is 3. The number of thiazole rings is 1. The summed E-state index contributed by atoms with van der Waals surface area (Å²) in [7, 11) is 1.48. The van der Waals surface area contributed by atoms with Crippen LogP contribution in [0, 0.1) is 24.2 Å². The highest BCUT2D eigenvalue weighted by molar-refractivity contribution is 7.13. The fraction of sp³-hybridized carbons (Fsp3) is 0.500. The van der Waals surface area contributed by atoms with Crippen LogP contribution >= 0.6 is 11.3 Å². The summed E-state index contributed by atoms with van der Waals surface area (Å²) in [6.07, 6.45) is 4.37. The van der Waals surface area contributed by atoms with Crippen LogP contribution in [0.1, 0.15) is 123 Å². The van der Waals surface area contributed by atoms with Crippen molar-refractivity contribution in [1.29, 1.82) is 0 Å². The van der Waals surface area contributed by atoms with Gasteiger partial charge in [0.15, 0.2) is 0 Å². The van der Waals surface area contributed by atoms with E-state index < -0.39 is 47.5 Å². The molecule has 0 spiro atoms. The van der Waals surface area contributed by atoms with Gasteiger partial charge in [0.05, 0.1) is 47.8 Å². The smallest absolute Gasteiger partial charge is 0.391 e. The molecule has 1 saturated carbocycles. The quantitative estimate of drug-likeness (QED) is 0.0512. The number of ether oxygens (including phenoxy) is 1. The van der Waals surface area contributed by atoms with Crippen LogP contribution in [-0.2, 0) is 38.7 Å². The molecule has 2 aromatic heterocycles. The number of aryl methyl sites for hydroxylation is 1. The number of carbonyl (C=O) groups excluding carboxylic acids is 5. The highest BCUT2D eigenvalue weighted by atomic mass is 32.1. The maximum atomic E-state index is 14.0. The number of methoxy groups -OCH3 is 1. The molecule has 2 fully saturated rings. The normalized spacial score (nSPS) is 18.7. The van der Waals surface area contributed by atoms with Gasteiger partial charge in [-0.1, -0.05) is 94.3 Å². The Morgan fingerprint density at radius 2 is 1.58 bits per heavy atom. The van der Waals surface area contributed by atoms with Crippen LogP contribution in [0.2, 0.25) is 0 Å². The zero-order chi connectivity index (χ0) is 52.0. The molecule has 72 heavy (non-hydrogen) atoms. The number of amides is 5. The number of hydrogen-bond donors (Lipinski definition) is 5. The highest BCUT2D eigenvalue weighted by Gasteiger charge is 2.45. The zero-order valence-electron chi connectivity index (χ0n) is 41.8. The van der Waals surface area contributed by atoms with Crippen molar-refractivity contribution in [2.75, 3.05) is 20.2 Å². The van der Waals surface area contributed by atoms with Crippen molar-refractivity contribution < 1.29 is 47.0 Å². The molecule has 2 aromatic carbocycles. The fourth-order valence-corrected chi connectivity index (χ4v) is 9.95. The number of aliphatic hydroxyl groups excluding tert-OH is 1. The number of carbonyl (C=O) groups is 5. The highest BCUT2D eigenvalue weighted by Crippen LogP contribution is 2.40. The molecule has 0 bridgehead atoms. The molecule has 6 rings (SSSR count). The molecule has 3 atom stereocenters. The van der Waals surface area contributed by atoms with Crippen LogP contribution in [0.15, 0.2) is 72.4 Å². The van der Waals surface area contributed by atoms with Gasteiger partial charge >= 0.3 is 6.18 Å². The van der Waals surface area contributed by atoms with Crippen molar-refractivity contribution >= 4 is 46.9 Å². The number of pyridine rings is 1. The topological polar surface area (TPSA) is 192 Å². The maximum Gasteiger partial charge on any atom is 0.391 e. The first-order valence-corrected chi connectivity index (χ1v) is 25.6. The van der Waals surface area contributed by atoms with Crippen molar-refractivity contribution in [3.05, 3.63) is 106 Å². The predicted molar refractivity (Wildman–Crippen MR) is 270 cm³/mol. The minimum absolute atomic E-state index is 0.000672. The lowest BCUT2D eigenvalue weighted by Gasteiger charge is -2.35. The Balaban J connectivity index is 0.876. The van der Waals surface area contributed by atoms with Crippen LogP contribution in [0.25, 0.3) is 16.5 Å². The van der Waals surface area contributed by atoms with E-state index in [0.717, 1.165) is 45.7 Å². The lowest BCUT2D eigenvalue weighted by Crippen LogP contribution is -2.57. The summed E-state index contributed by atoms with van der Waals surface area (Å²) in [6.45, 7) is 8.40. The van der Waals surface area contributed by atoms with Crippen LogP contribution in [0.5, 0.6) is 5.75 Å². The van der Waals surface area contributed by atoms with E-state index in [1.165, 1.54) is 18.2 Å². The second kappa shape index (κ2) is 25.5. The average Bonchev–Trinajstić information content (AvgIpc) is 3.97. The molecule has 5 amide bonds. The van der Waals surface area contributed by atoms with Crippen molar-refractivity contribution in [2.24, 2.45) is 17.3 Å². The first-order valence-electron chi connectivity index (χ1n) is 24.8. The number of unbranched alkanes of at least 4 members (excludes halogenated alkanes) is 3. The molecule has 1 aliphatic heterocycles. The van der Waals surface area contributed by atoms with Gasteiger partial charge in [-0.15, -0.1) is 11.3 Å². The first kappa shape index (κ1) is 55.2. The first-order chi connectivity index (χ1) is 34.3. The van der Waals surface area contributed by atoms with Crippen LogP contribution in [0.4, 0.5) is 13.2 Å². The van der Waals surface area contributed by atoms with Gasteiger partial charge in [0.1, 0.15) is 23.5 Å². The zero-order valence-corrected chi connectivity index (χ0v) is 42.6. The third-order valence-electron chi connectivity index (χ3n) is 13.3. The number of allylic oxidation sites excluding steroid dienone is 1. The molecule has 18 heteroatoms. The number of likely N-dealkylation sites (tertiary alicyclic amines) is 1. The predicted octanol–water partition coefficient (Wildman–Crippen LogP) is 8.25. The molecule has 3 heterocycles. The van der Waals surface area contributed by atoms with E-state index in [0.29, 0.717) is 43.5 Å². The number of benzene rings is 2. The molecular formula is C54H68F3N7O7S. The Labute approximate surface area is 424 Å². The second-order valence-electron chi connectivity index (χ2n) is 20.0. The molecule has 5 N–H and O–H groups in total. The lowest BCUT2D eigenvalue weighted by atomic mass is 9.81. The van der Waals surface area contributed by atoms with E-state index in [-0.39, 0.29) is 81.1 Å². The minimum atomic E-state index is -4.17. The number of aliphatic hydroxyl groups is 1. The van der Waals surface area contributed by atoms with Crippen molar-refractivity contribution in [3.8, 4) is 16.2 Å². The number of alkyl halides is 3. The van der Waals surface area contributed by atoms with Gasteiger partial charge in [0.2, 0.25) is 23.6 Å². The number of nitrogens with one attached hydrogen (secondary N) is 4. The summed E-state index contributed by atoms with van der Waals surface area (Å²) in [4.78, 5) is 77.6. The number of β-amino-alcohol motifs (C(OH)–C–C–N with tert-alkyl or cyclic N) is 1. The Kier molecular flexibility index (Phi) is 19.5. The second-order valence-corrected chi connectivity index (χ2v) is 20.8. The van der Waals surface area contributed by atoms with Crippen LogP contribution in [-0.4, -0.2) is 94.1 Å². The van der Waals surface area contributed by atoms with Gasteiger partial charge < -0.3 is 36.0 Å². The third kappa shape index (κ3) is 15.9. The summed E-state index contributed by atoms with van der Waals surface area (Å²) >= 11 is 1.57. The third-order valence-corrected chi connectivity index (χ3v) is 14.3. The SMILES string of the molecule is COc1cnc(C(=O)NCc2cccc(CC(=O)NCCCCCCC(=O)NC(C(=O)N3C[C@H](O)C[C@H]3C(=O)NCc3ccc(-c4scnc4C)cc3)C(C)(C)C)c2)cc1/C=C/C1CCC(C(F)(F)F)CC1. The number of halogens is 3. The average molecular weight is 1020 g/mol. The number of aromatic nitrogens is 2. The fourth-order valence-electron chi connectivity index (χ4n) is 9.14. The molecule has 2 aliphatic rings. The maximum absolute atomic E-state index is 14.0.